The SMILES string of the molecule is CCCC(NP(=S)(OC[C@H]1O[C@@H](n2ccc(=O)[nH]c2=O)[C@](C)(O)[C@@H]1O)Oc1ccccc1)C(=O)OC(C)C. The lowest BCUT2D eigenvalue weighted by molar-refractivity contribution is -0.149. The average molecular weight is 572 g/mol. The number of hydrogen-bond donors (Lipinski definition) is 4. The molecule has 2 aromatic rings. The van der Waals surface area contributed by atoms with Crippen LogP contribution in [0.15, 0.2) is 52.2 Å². The first-order chi connectivity index (χ1) is 17.9. The molecule has 14 heteroatoms. The number of ether oxygens (including phenoxy) is 2. The Labute approximate surface area is 225 Å². The van der Waals surface area contributed by atoms with Crippen molar-refractivity contribution < 1.29 is 33.5 Å². The molecule has 3 rings (SSSR count). The third-order valence-corrected chi connectivity index (χ3v) is 8.19. The van der Waals surface area contributed by atoms with Gasteiger partial charge in [-0.2, -0.15) is 0 Å². The first kappa shape index (κ1) is 30.2. The lowest BCUT2D eigenvalue weighted by Crippen LogP contribution is -2.47. The van der Waals surface area contributed by atoms with Gasteiger partial charge in [-0.1, -0.05) is 31.5 Å². The molecule has 2 unspecified atom stereocenters. The second kappa shape index (κ2) is 12.6. The van der Waals surface area contributed by atoms with Gasteiger partial charge in [0.2, 0.25) is 0 Å². The molecule has 1 aromatic heterocycles. The van der Waals surface area contributed by atoms with E-state index in [2.05, 4.69) is 10.1 Å². The number of H-pyrrole nitrogens is 1. The monoisotopic (exact) mass is 571 g/mol. The third kappa shape index (κ3) is 7.38. The Morgan fingerprint density at radius 3 is 2.58 bits per heavy atom. The predicted octanol–water partition coefficient (Wildman–Crippen LogP) is 1.58. The van der Waals surface area contributed by atoms with Crippen molar-refractivity contribution in [2.75, 3.05) is 6.61 Å². The van der Waals surface area contributed by atoms with Crippen LogP contribution in [0.5, 0.6) is 5.75 Å². The van der Waals surface area contributed by atoms with Crippen LogP contribution in [0.1, 0.15) is 46.8 Å². The van der Waals surface area contributed by atoms with E-state index >= 15 is 0 Å². The van der Waals surface area contributed by atoms with Crippen molar-refractivity contribution in [1.82, 2.24) is 14.6 Å². The van der Waals surface area contributed by atoms with Gasteiger partial charge < -0.3 is 28.7 Å². The summed E-state index contributed by atoms with van der Waals surface area (Å²) in [5.41, 5.74) is -3.35. The van der Waals surface area contributed by atoms with Gasteiger partial charge in [-0.15, -0.1) is 0 Å². The number of aromatic amines is 1. The van der Waals surface area contributed by atoms with Crippen molar-refractivity contribution in [3.05, 3.63) is 63.4 Å². The molecule has 12 nitrogen and oxygen atoms in total. The van der Waals surface area contributed by atoms with E-state index in [1.807, 2.05) is 6.92 Å². The van der Waals surface area contributed by atoms with Gasteiger partial charge in [0.15, 0.2) is 6.23 Å². The number of aliphatic hydroxyl groups is 2. The van der Waals surface area contributed by atoms with Crippen LogP contribution in [0, 0.1) is 0 Å². The molecule has 0 spiro atoms. The fourth-order valence-electron chi connectivity index (χ4n) is 3.90. The zero-order valence-corrected chi connectivity index (χ0v) is 23.3. The van der Waals surface area contributed by atoms with Crippen LogP contribution < -0.4 is 20.9 Å². The van der Waals surface area contributed by atoms with Crippen molar-refractivity contribution in [2.45, 2.75) is 76.7 Å². The van der Waals surface area contributed by atoms with E-state index in [1.54, 1.807) is 44.2 Å². The molecule has 6 atom stereocenters. The summed E-state index contributed by atoms with van der Waals surface area (Å²) in [6, 6.07) is 8.93. The molecule has 2 heterocycles. The maximum atomic E-state index is 12.7. The van der Waals surface area contributed by atoms with Gasteiger partial charge in [-0.25, -0.2) is 9.88 Å². The van der Waals surface area contributed by atoms with E-state index in [4.69, 9.17) is 30.3 Å². The van der Waals surface area contributed by atoms with Crippen LogP contribution in [0.3, 0.4) is 0 Å². The quantitative estimate of drug-likeness (QED) is 0.216. The minimum atomic E-state index is -3.46. The lowest BCUT2D eigenvalue weighted by atomic mass is 9.96. The number of rotatable bonds is 12. The number of para-hydroxylation sites is 1. The van der Waals surface area contributed by atoms with E-state index in [1.165, 1.54) is 6.92 Å². The summed E-state index contributed by atoms with van der Waals surface area (Å²) in [6.07, 6.45) is -2.08. The van der Waals surface area contributed by atoms with E-state index in [0.29, 0.717) is 18.6 Å². The normalized spacial score (nSPS) is 25.6. The minimum Gasteiger partial charge on any atom is -0.462 e. The van der Waals surface area contributed by atoms with Crippen LogP contribution >= 0.6 is 6.64 Å². The second-order valence-electron chi connectivity index (χ2n) is 9.37. The highest BCUT2D eigenvalue weighted by Crippen LogP contribution is 2.47. The number of nitrogens with one attached hydrogen (secondary N) is 2. The molecular formula is C24H34N3O9PS. The van der Waals surface area contributed by atoms with Gasteiger partial charge in [0.1, 0.15) is 29.6 Å². The van der Waals surface area contributed by atoms with Gasteiger partial charge >= 0.3 is 18.3 Å². The van der Waals surface area contributed by atoms with Crippen molar-refractivity contribution in [3.8, 4) is 5.75 Å². The molecule has 0 amide bonds. The summed E-state index contributed by atoms with van der Waals surface area (Å²) >= 11 is 5.75. The number of benzene rings is 1. The highest BCUT2D eigenvalue weighted by molar-refractivity contribution is 8.09. The number of carbonyl (C=O) groups excluding carboxylic acids is 1. The summed E-state index contributed by atoms with van der Waals surface area (Å²) in [5.74, 6) is -0.109. The molecule has 1 aliphatic rings. The maximum Gasteiger partial charge on any atom is 0.330 e. The van der Waals surface area contributed by atoms with Gasteiger partial charge in [0.05, 0.1) is 12.7 Å². The summed E-state index contributed by atoms with van der Waals surface area (Å²) in [6.45, 7) is 2.88. The number of nitrogens with zero attached hydrogens (tertiary/aromatic N) is 1. The Kier molecular flexibility index (Phi) is 10.0. The standard InChI is InChI=1S/C24H34N3O9PS/c1-5-9-17(21(30)34-15(2)3)26-37(38,36-16-10-7-6-8-11-16)33-14-18-20(29)24(4,32)22(35-18)27-13-12-19(28)25-23(27)31/h6-8,10-13,15,17-18,20,22,29,32H,5,9,14H2,1-4H3,(H,26,38)(H,25,28,31)/t17?,18-,20-,22-,24-,37?/m1/s1. The van der Waals surface area contributed by atoms with Crippen molar-refractivity contribution in [3.63, 3.8) is 0 Å². The molecule has 1 aliphatic heterocycles. The van der Waals surface area contributed by atoms with E-state index < -0.39 is 53.9 Å². The number of carbonyl (C=O) groups is 1. The molecule has 1 saturated heterocycles. The first-order valence-electron chi connectivity index (χ1n) is 12.2. The van der Waals surface area contributed by atoms with Gasteiger partial charge in [0, 0.05) is 12.3 Å². The summed E-state index contributed by atoms with van der Waals surface area (Å²) < 4.78 is 24.2. The zero-order chi connectivity index (χ0) is 28.1. The first-order valence-corrected chi connectivity index (χ1v) is 14.8. The molecule has 0 saturated carbocycles. The van der Waals surface area contributed by atoms with E-state index in [-0.39, 0.29) is 12.7 Å². The predicted molar refractivity (Wildman–Crippen MR) is 142 cm³/mol. The fraction of sp³-hybridized carbons (Fsp3) is 0.542. The zero-order valence-electron chi connectivity index (χ0n) is 21.6. The molecule has 1 fully saturated rings. The van der Waals surface area contributed by atoms with Crippen LogP contribution in [0.4, 0.5) is 0 Å². The number of hydrogen-bond acceptors (Lipinski definition) is 10. The Morgan fingerprint density at radius 1 is 1.29 bits per heavy atom. The molecule has 38 heavy (non-hydrogen) atoms. The molecule has 0 bridgehead atoms. The smallest absolute Gasteiger partial charge is 0.330 e. The number of esters is 1. The highest BCUT2D eigenvalue weighted by Gasteiger charge is 2.54. The van der Waals surface area contributed by atoms with Gasteiger partial charge in [0.25, 0.3) is 5.56 Å². The van der Waals surface area contributed by atoms with Crippen LogP contribution in [0.25, 0.3) is 0 Å². The van der Waals surface area contributed by atoms with Crippen molar-refractivity contribution in [2.24, 2.45) is 0 Å². The summed E-state index contributed by atoms with van der Waals surface area (Å²) in [7, 11) is 0. The molecule has 4 N–H and O–H groups in total. The number of aliphatic hydroxyl groups excluding tert-OH is 1. The van der Waals surface area contributed by atoms with Crippen molar-refractivity contribution in [1.29, 1.82) is 0 Å². The molecule has 210 valence electrons. The highest BCUT2D eigenvalue weighted by atomic mass is 32.5. The Bertz CT molecular complexity index is 1250. The van der Waals surface area contributed by atoms with Crippen molar-refractivity contribution >= 4 is 24.4 Å². The second-order valence-corrected chi connectivity index (χ2v) is 12.5. The van der Waals surface area contributed by atoms with Gasteiger partial charge in [-0.3, -0.25) is 19.1 Å². The average Bonchev–Trinajstić information content (AvgIpc) is 3.06. The minimum absolute atomic E-state index is 0.338. The van der Waals surface area contributed by atoms with E-state index in [9.17, 15) is 24.6 Å². The topological polar surface area (TPSA) is 161 Å². The molecule has 0 radical (unpaired) electrons. The fourth-order valence-corrected chi connectivity index (χ4v) is 6.26. The molecular weight excluding hydrogens is 537 g/mol. The Morgan fingerprint density at radius 2 is 1.97 bits per heavy atom. The summed E-state index contributed by atoms with van der Waals surface area (Å²) in [4.78, 5) is 38.6. The molecule has 1 aromatic carbocycles. The Balaban J connectivity index is 1.84. The van der Waals surface area contributed by atoms with E-state index in [0.717, 1.165) is 16.8 Å². The number of aromatic nitrogens is 2. The van der Waals surface area contributed by atoms with Crippen LogP contribution in [0.2, 0.25) is 0 Å². The summed E-state index contributed by atoms with van der Waals surface area (Å²) in [5, 5.41) is 24.8. The van der Waals surface area contributed by atoms with Gasteiger partial charge in [-0.05, 0) is 51.1 Å². The molecule has 0 aliphatic carbocycles. The Hall–Kier alpha value is -2.38. The maximum absolute atomic E-state index is 12.7. The third-order valence-electron chi connectivity index (χ3n) is 5.76. The lowest BCUT2D eigenvalue weighted by Gasteiger charge is -2.29. The largest absolute Gasteiger partial charge is 0.462 e. The van der Waals surface area contributed by atoms with Crippen LogP contribution in [-0.4, -0.2) is 62.3 Å². The van der Waals surface area contributed by atoms with Crippen LogP contribution in [-0.2, 0) is 30.6 Å².